The van der Waals surface area contributed by atoms with E-state index in [1.165, 1.54) is 0 Å². The van der Waals surface area contributed by atoms with Gasteiger partial charge < -0.3 is 4.90 Å². The van der Waals surface area contributed by atoms with Gasteiger partial charge in [-0.2, -0.15) is 0 Å². The fourth-order valence-corrected chi connectivity index (χ4v) is 0.814. The molecule has 0 N–H and O–H groups in total. The van der Waals surface area contributed by atoms with E-state index in [1.54, 1.807) is 0 Å². The average molecular weight is 162 g/mol. The van der Waals surface area contributed by atoms with Crippen molar-refractivity contribution in [3.63, 3.8) is 0 Å². The van der Waals surface area contributed by atoms with E-state index >= 15 is 0 Å². The number of allylic oxidation sites excluding steroid dienone is 1. The lowest BCUT2D eigenvalue weighted by Gasteiger charge is -2.17. The van der Waals surface area contributed by atoms with E-state index in [2.05, 4.69) is 20.8 Å². The lowest BCUT2D eigenvalue weighted by Crippen LogP contribution is -2.10. The third-order valence-electron chi connectivity index (χ3n) is 0.979. The van der Waals surface area contributed by atoms with E-state index in [9.17, 15) is 0 Å². The quantitative estimate of drug-likeness (QED) is 0.535. The molecule has 0 aliphatic heterocycles. The molecular formula is C8H16ClN. The first kappa shape index (κ1) is 9.83. The third kappa shape index (κ3) is 4.68. The number of rotatable bonds is 1. The van der Waals surface area contributed by atoms with Gasteiger partial charge in [-0.05, 0) is 11.5 Å². The lowest BCUT2D eigenvalue weighted by atomic mass is 9.97. The first-order valence-corrected chi connectivity index (χ1v) is 3.76. The second kappa shape index (κ2) is 3.29. The molecule has 1 nitrogen and oxygen atoms in total. The van der Waals surface area contributed by atoms with Gasteiger partial charge in [0.1, 0.15) is 5.16 Å². The van der Waals surface area contributed by atoms with Crippen LogP contribution >= 0.6 is 11.6 Å². The van der Waals surface area contributed by atoms with Crippen LogP contribution in [0.15, 0.2) is 11.2 Å². The molecule has 60 valence electrons. The summed E-state index contributed by atoms with van der Waals surface area (Å²) in [7, 11) is 3.87. The van der Waals surface area contributed by atoms with Gasteiger partial charge in [-0.15, -0.1) is 0 Å². The van der Waals surface area contributed by atoms with Crippen molar-refractivity contribution in [1.82, 2.24) is 4.90 Å². The van der Waals surface area contributed by atoms with Gasteiger partial charge in [0.25, 0.3) is 0 Å². The van der Waals surface area contributed by atoms with Gasteiger partial charge in [0.05, 0.1) is 0 Å². The minimum atomic E-state index is 0.168. The van der Waals surface area contributed by atoms with Crippen molar-refractivity contribution in [2.45, 2.75) is 20.8 Å². The highest BCUT2D eigenvalue weighted by molar-refractivity contribution is 6.29. The van der Waals surface area contributed by atoms with Crippen molar-refractivity contribution in [1.29, 1.82) is 0 Å². The zero-order valence-electron chi connectivity index (χ0n) is 7.40. The minimum absolute atomic E-state index is 0.168. The maximum Gasteiger partial charge on any atom is 0.100 e. The van der Waals surface area contributed by atoms with E-state index in [-0.39, 0.29) is 5.41 Å². The molecule has 0 aromatic heterocycles. The van der Waals surface area contributed by atoms with Gasteiger partial charge in [-0.3, -0.25) is 0 Å². The van der Waals surface area contributed by atoms with E-state index < -0.39 is 0 Å². The molecular weight excluding hydrogens is 146 g/mol. The largest absolute Gasteiger partial charge is 0.369 e. The van der Waals surface area contributed by atoms with E-state index in [4.69, 9.17) is 11.6 Å². The molecule has 0 amide bonds. The molecule has 0 radical (unpaired) electrons. The predicted octanol–water partition coefficient (Wildman–Crippen LogP) is 2.67. The smallest absolute Gasteiger partial charge is 0.100 e. The molecule has 0 aliphatic carbocycles. The number of halogens is 1. The summed E-state index contributed by atoms with van der Waals surface area (Å²) in [4.78, 5) is 1.90. The number of hydrogen-bond acceptors (Lipinski definition) is 1. The van der Waals surface area contributed by atoms with Gasteiger partial charge in [-0.1, -0.05) is 32.4 Å². The Bertz CT molecular complexity index is 131. The second-order valence-corrected chi connectivity index (χ2v) is 4.11. The molecule has 0 saturated heterocycles. The molecule has 0 atom stereocenters. The Morgan fingerprint density at radius 1 is 1.30 bits per heavy atom. The van der Waals surface area contributed by atoms with Gasteiger partial charge in [0, 0.05) is 14.1 Å². The van der Waals surface area contributed by atoms with Crippen molar-refractivity contribution >= 4 is 11.6 Å². The van der Waals surface area contributed by atoms with E-state index in [0.717, 1.165) is 5.16 Å². The van der Waals surface area contributed by atoms with Gasteiger partial charge in [0.2, 0.25) is 0 Å². The standard InChI is InChI=1S/C8H16ClN/c1-8(2,3)6-7(9)10(4)5/h6H,1-5H3/b7-6+. The summed E-state index contributed by atoms with van der Waals surface area (Å²) >= 11 is 5.89. The van der Waals surface area contributed by atoms with Crippen LogP contribution in [0.4, 0.5) is 0 Å². The lowest BCUT2D eigenvalue weighted by molar-refractivity contribution is 0.496. The third-order valence-corrected chi connectivity index (χ3v) is 1.43. The van der Waals surface area contributed by atoms with E-state index in [1.807, 2.05) is 25.1 Å². The molecule has 0 aliphatic rings. The topological polar surface area (TPSA) is 3.24 Å². The SMILES string of the molecule is CN(C)/C(Cl)=C/C(C)(C)C. The Balaban J connectivity index is 4.17. The number of hydrogen-bond donors (Lipinski definition) is 0. The summed E-state index contributed by atoms with van der Waals surface area (Å²) in [6.45, 7) is 6.37. The van der Waals surface area contributed by atoms with Crippen molar-refractivity contribution in [3.05, 3.63) is 11.2 Å². The minimum Gasteiger partial charge on any atom is -0.369 e. The molecule has 0 aromatic rings. The van der Waals surface area contributed by atoms with Gasteiger partial charge >= 0.3 is 0 Å². The molecule has 0 rings (SSSR count). The Hall–Kier alpha value is -0.170. The first-order chi connectivity index (χ1) is 4.33. The van der Waals surface area contributed by atoms with Gasteiger partial charge in [-0.25, -0.2) is 0 Å². The van der Waals surface area contributed by atoms with Crippen LogP contribution in [0.1, 0.15) is 20.8 Å². The van der Waals surface area contributed by atoms with Crippen LogP contribution in [0.3, 0.4) is 0 Å². The maximum atomic E-state index is 5.89. The van der Waals surface area contributed by atoms with Crippen molar-refractivity contribution in [3.8, 4) is 0 Å². The summed E-state index contributed by atoms with van der Waals surface area (Å²) in [5, 5.41) is 0.799. The fourth-order valence-electron chi connectivity index (χ4n) is 0.486. The summed E-state index contributed by atoms with van der Waals surface area (Å²) in [5.74, 6) is 0. The van der Waals surface area contributed by atoms with Crippen LogP contribution in [0.2, 0.25) is 0 Å². The van der Waals surface area contributed by atoms with Crippen LogP contribution in [0, 0.1) is 5.41 Å². The highest BCUT2D eigenvalue weighted by Gasteiger charge is 2.07. The van der Waals surface area contributed by atoms with Crippen molar-refractivity contribution < 1.29 is 0 Å². The summed E-state index contributed by atoms with van der Waals surface area (Å²) in [6, 6.07) is 0. The molecule has 0 aromatic carbocycles. The first-order valence-electron chi connectivity index (χ1n) is 3.38. The molecule has 0 fully saturated rings. The Morgan fingerprint density at radius 2 is 1.70 bits per heavy atom. The van der Waals surface area contributed by atoms with Crippen LogP contribution in [-0.2, 0) is 0 Å². The Labute approximate surface area is 68.7 Å². The zero-order valence-corrected chi connectivity index (χ0v) is 8.16. The number of nitrogens with zero attached hydrogens (tertiary/aromatic N) is 1. The van der Waals surface area contributed by atoms with Crippen LogP contribution in [0.25, 0.3) is 0 Å². The molecule has 10 heavy (non-hydrogen) atoms. The molecule has 2 heteroatoms. The van der Waals surface area contributed by atoms with Crippen LogP contribution in [0.5, 0.6) is 0 Å². The van der Waals surface area contributed by atoms with Crippen LogP contribution < -0.4 is 0 Å². The Morgan fingerprint density at radius 3 is 1.80 bits per heavy atom. The molecule has 0 spiro atoms. The Kier molecular flexibility index (Phi) is 3.23. The fraction of sp³-hybridized carbons (Fsp3) is 0.750. The van der Waals surface area contributed by atoms with E-state index in [0.29, 0.717) is 0 Å². The molecule has 0 heterocycles. The van der Waals surface area contributed by atoms with Gasteiger partial charge in [0.15, 0.2) is 0 Å². The normalized spacial score (nSPS) is 13.6. The summed E-state index contributed by atoms with van der Waals surface area (Å²) in [5.41, 5.74) is 0.168. The molecule has 0 saturated carbocycles. The average Bonchev–Trinajstić information content (AvgIpc) is 1.60. The van der Waals surface area contributed by atoms with Crippen molar-refractivity contribution in [2.24, 2.45) is 5.41 Å². The highest BCUT2D eigenvalue weighted by Crippen LogP contribution is 2.19. The molecule has 0 unspecified atom stereocenters. The molecule has 0 bridgehead atoms. The summed E-state index contributed by atoms with van der Waals surface area (Å²) in [6.07, 6.45) is 2.04. The maximum absolute atomic E-state index is 5.89. The second-order valence-electron chi connectivity index (χ2n) is 3.73. The highest BCUT2D eigenvalue weighted by atomic mass is 35.5. The zero-order chi connectivity index (χ0) is 8.36. The van der Waals surface area contributed by atoms with Crippen LogP contribution in [-0.4, -0.2) is 19.0 Å². The monoisotopic (exact) mass is 161 g/mol. The van der Waals surface area contributed by atoms with Crippen molar-refractivity contribution in [2.75, 3.05) is 14.1 Å². The summed E-state index contributed by atoms with van der Waals surface area (Å²) < 4.78 is 0. The predicted molar refractivity (Wildman–Crippen MR) is 47.1 cm³/mol.